The van der Waals surface area contributed by atoms with E-state index in [4.69, 9.17) is 0 Å². The summed E-state index contributed by atoms with van der Waals surface area (Å²) < 4.78 is 38.3. The van der Waals surface area contributed by atoms with Crippen molar-refractivity contribution in [3.8, 4) is 0 Å². The molecule has 0 aliphatic heterocycles. The van der Waals surface area contributed by atoms with Crippen LogP contribution in [0, 0.1) is 5.82 Å². The Labute approximate surface area is 126 Å². The molecule has 1 aliphatic rings. The molecule has 1 aromatic rings. The minimum absolute atomic E-state index is 0.192. The second-order valence-electron chi connectivity index (χ2n) is 6.56. The van der Waals surface area contributed by atoms with Gasteiger partial charge < -0.3 is 5.32 Å². The average Bonchev–Trinajstić information content (AvgIpc) is 2.23. The van der Waals surface area contributed by atoms with Gasteiger partial charge in [-0.15, -0.1) is 0 Å². The van der Waals surface area contributed by atoms with Crippen LogP contribution in [0.4, 0.5) is 4.39 Å². The van der Waals surface area contributed by atoms with E-state index in [1.165, 1.54) is 6.07 Å². The maximum atomic E-state index is 13.2. The quantitative estimate of drug-likeness (QED) is 0.844. The van der Waals surface area contributed by atoms with Gasteiger partial charge in [0.05, 0.1) is 6.26 Å². The first-order chi connectivity index (χ1) is 9.65. The van der Waals surface area contributed by atoms with Gasteiger partial charge in [-0.25, -0.2) is 17.5 Å². The Morgan fingerprint density at radius 3 is 2.57 bits per heavy atom. The van der Waals surface area contributed by atoms with Crippen LogP contribution < -0.4 is 10.0 Å². The van der Waals surface area contributed by atoms with Crippen LogP contribution in [-0.2, 0) is 10.0 Å². The van der Waals surface area contributed by atoms with E-state index in [-0.39, 0.29) is 5.82 Å². The molecule has 0 unspecified atom stereocenters. The van der Waals surface area contributed by atoms with Crippen molar-refractivity contribution < 1.29 is 12.8 Å². The lowest BCUT2D eigenvalue weighted by molar-refractivity contribution is 0.267. The van der Waals surface area contributed by atoms with E-state index >= 15 is 0 Å². The van der Waals surface area contributed by atoms with Gasteiger partial charge in [0.15, 0.2) is 0 Å². The Balaban J connectivity index is 1.78. The number of hydrogen-bond donors (Lipinski definition) is 2. The summed E-state index contributed by atoms with van der Waals surface area (Å²) in [4.78, 5) is 0. The summed E-state index contributed by atoms with van der Waals surface area (Å²) in [6.07, 6.45) is 3.08. The van der Waals surface area contributed by atoms with Gasteiger partial charge in [0.1, 0.15) is 5.82 Å². The number of sulfonamides is 1. The topological polar surface area (TPSA) is 58.2 Å². The zero-order valence-corrected chi connectivity index (χ0v) is 13.5. The van der Waals surface area contributed by atoms with Crippen molar-refractivity contribution in [2.24, 2.45) is 0 Å². The molecule has 0 bridgehead atoms. The fraction of sp³-hybridized carbons (Fsp3) is 0.600. The summed E-state index contributed by atoms with van der Waals surface area (Å²) in [5.74, 6) is 0.201. The first-order valence-corrected chi connectivity index (χ1v) is 9.01. The normalized spacial score (nSPS) is 22.9. The van der Waals surface area contributed by atoms with Gasteiger partial charge in [0, 0.05) is 18.1 Å². The summed E-state index contributed by atoms with van der Waals surface area (Å²) in [6, 6.07) is 7.11. The summed E-state index contributed by atoms with van der Waals surface area (Å²) in [5.41, 5.74) is 0.527. The lowest BCUT2D eigenvalue weighted by atomic mass is 9.75. The first kappa shape index (κ1) is 16.4. The predicted molar refractivity (Wildman–Crippen MR) is 82.2 cm³/mol. The number of nitrogens with one attached hydrogen (secondary N) is 2. The fourth-order valence-electron chi connectivity index (χ4n) is 2.75. The highest BCUT2D eigenvalue weighted by molar-refractivity contribution is 7.88. The maximum absolute atomic E-state index is 13.2. The van der Waals surface area contributed by atoms with E-state index < -0.39 is 15.6 Å². The lowest BCUT2D eigenvalue weighted by Gasteiger charge is -2.38. The van der Waals surface area contributed by atoms with Crippen LogP contribution in [0.1, 0.15) is 38.2 Å². The van der Waals surface area contributed by atoms with E-state index in [0.29, 0.717) is 18.5 Å². The van der Waals surface area contributed by atoms with Crippen LogP contribution in [0.5, 0.6) is 0 Å². The highest BCUT2D eigenvalue weighted by Crippen LogP contribution is 2.37. The third-order valence-electron chi connectivity index (χ3n) is 3.75. The third-order valence-corrected chi connectivity index (χ3v) is 4.68. The molecule has 118 valence electrons. The standard InChI is InChI=1S/C15H23FN2O2S/c1-15(2,18-21(3,19)20)10-17-14-8-12(9-14)11-5-4-6-13(16)7-11/h4-7,12,14,17-18H,8-10H2,1-3H3. The molecular weight excluding hydrogens is 291 g/mol. The van der Waals surface area contributed by atoms with Crippen molar-refractivity contribution in [2.45, 2.75) is 44.2 Å². The van der Waals surface area contributed by atoms with Gasteiger partial charge in [-0.05, 0) is 50.3 Å². The van der Waals surface area contributed by atoms with E-state index in [9.17, 15) is 12.8 Å². The molecule has 1 aliphatic carbocycles. The maximum Gasteiger partial charge on any atom is 0.209 e. The van der Waals surface area contributed by atoms with Crippen LogP contribution in [0.25, 0.3) is 0 Å². The Bertz CT molecular complexity index is 595. The summed E-state index contributed by atoms with van der Waals surface area (Å²) in [5, 5.41) is 3.38. The van der Waals surface area contributed by atoms with Crippen LogP contribution >= 0.6 is 0 Å². The highest BCUT2D eigenvalue weighted by Gasteiger charge is 2.32. The Kier molecular flexibility index (Phi) is 4.70. The van der Waals surface area contributed by atoms with Crippen molar-refractivity contribution in [1.29, 1.82) is 0 Å². The van der Waals surface area contributed by atoms with E-state index in [1.807, 2.05) is 19.9 Å². The van der Waals surface area contributed by atoms with Crippen molar-refractivity contribution in [3.05, 3.63) is 35.6 Å². The summed E-state index contributed by atoms with van der Waals surface area (Å²) in [7, 11) is -3.21. The Morgan fingerprint density at radius 1 is 1.33 bits per heavy atom. The smallest absolute Gasteiger partial charge is 0.209 e. The van der Waals surface area contributed by atoms with Gasteiger partial charge in [0.2, 0.25) is 10.0 Å². The predicted octanol–water partition coefficient (Wildman–Crippen LogP) is 1.99. The molecule has 0 atom stereocenters. The molecule has 0 saturated heterocycles. The molecule has 0 spiro atoms. The van der Waals surface area contributed by atoms with Crippen LogP contribution in [0.3, 0.4) is 0 Å². The molecule has 21 heavy (non-hydrogen) atoms. The molecule has 1 fully saturated rings. The van der Waals surface area contributed by atoms with Crippen LogP contribution in [-0.4, -0.2) is 32.8 Å². The molecule has 2 N–H and O–H groups in total. The largest absolute Gasteiger partial charge is 0.312 e. The SMILES string of the molecule is CC(C)(CNC1CC(c2cccc(F)c2)C1)NS(C)(=O)=O. The summed E-state index contributed by atoms with van der Waals surface area (Å²) in [6.45, 7) is 4.27. The second-order valence-corrected chi connectivity index (χ2v) is 8.31. The minimum Gasteiger partial charge on any atom is -0.312 e. The molecule has 0 amide bonds. The summed E-state index contributed by atoms with van der Waals surface area (Å²) >= 11 is 0. The van der Waals surface area contributed by atoms with Gasteiger partial charge in [-0.3, -0.25) is 0 Å². The fourth-order valence-corrected chi connectivity index (χ4v) is 3.83. The van der Waals surface area contributed by atoms with Crippen molar-refractivity contribution in [2.75, 3.05) is 12.8 Å². The van der Waals surface area contributed by atoms with Gasteiger partial charge >= 0.3 is 0 Å². The molecular formula is C15H23FN2O2S. The minimum atomic E-state index is -3.21. The Hall–Kier alpha value is -0.980. The lowest BCUT2D eigenvalue weighted by Crippen LogP contribution is -2.53. The molecule has 2 rings (SSSR count). The first-order valence-electron chi connectivity index (χ1n) is 7.12. The molecule has 4 nitrogen and oxygen atoms in total. The van der Waals surface area contributed by atoms with Gasteiger partial charge in [-0.2, -0.15) is 0 Å². The number of benzene rings is 1. The second kappa shape index (κ2) is 6.02. The van der Waals surface area contributed by atoms with Gasteiger partial charge in [-0.1, -0.05) is 12.1 Å². The van der Waals surface area contributed by atoms with E-state index in [0.717, 1.165) is 24.7 Å². The van der Waals surface area contributed by atoms with Crippen molar-refractivity contribution in [1.82, 2.24) is 10.0 Å². The molecule has 0 heterocycles. The molecule has 1 aromatic carbocycles. The van der Waals surface area contributed by atoms with Crippen LogP contribution in [0.2, 0.25) is 0 Å². The van der Waals surface area contributed by atoms with Crippen LogP contribution in [0.15, 0.2) is 24.3 Å². The van der Waals surface area contributed by atoms with Gasteiger partial charge in [0.25, 0.3) is 0 Å². The van der Waals surface area contributed by atoms with Crippen molar-refractivity contribution >= 4 is 10.0 Å². The zero-order valence-electron chi connectivity index (χ0n) is 12.7. The third kappa shape index (κ3) is 5.05. The average molecular weight is 314 g/mol. The molecule has 0 aromatic heterocycles. The van der Waals surface area contributed by atoms with E-state index in [2.05, 4.69) is 10.0 Å². The Morgan fingerprint density at radius 2 is 2.00 bits per heavy atom. The highest BCUT2D eigenvalue weighted by atomic mass is 32.2. The molecule has 1 saturated carbocycles. The zero-order chi connectivity index (χ0) is 15.7. The number of hydrogen-bond acceptors (Lipinski definition) is 3. The van der Waals surface area contributed by atoms with Crippen molar-refractivity contribution in [3.63, 3.8) is 0 Å². The molecule has 6 heteroatoms. The number of rotatable bonds is 6. The van der Waals surface area contributed by atoms with E-state index in [1.54, 1.807) is 12.1 Å². The molecule has 0 radical (unpaired) electrons. The number of halogens is 1. The monoisotopic (exact) mass is 314 g/mol.